The second kappa shape index (κ2) is 6.50. The van der Waals surface area contributed by atoms with E-state index in [4.69, 9.17) is 14.5 Å². The maximum Gasteiger partial charge on any atom is 0.276 e. The van der Waals surface area contributed by atoms with Crippen LogP contribution in [0.4, 0.5) is 5.69 Å². The van der Waals surface area contributed by atoms with Crippen LogP contribution < -0.4 is 10.1 Å². The molecule has 2 saturated heterocycles. The summed E-state index contributed by atoms with van der Waals surface area (Å²) >= 11 is 0. The van der Waals surface area contributed by atoms with E-state index in [1.54, 1.807) is 35.4 Å². The Morgan fingerprint density at radius 1 is 1.24 bits per heavy atom. The Bertz CT molecular complexity index is 1410. The Kier molecular flexibility index (Phi) is 3.74. The fourth-order valence-corrected chi connectivity index (χ4v) is 5.31. The molecular formula is C23H23N7O3. The molecule has 4 aromatic heterocycles. The topological polar surface area (TPSA) is 108 Å². The molecule has 10 heteroatoms. The van der Waals surface area contributed by atoms with Crippen molar-refractivity contribution in [2.75, 3.05) is 11.9 Å². The van der Waals surface area contributed by atoms with Gasteiger partial charge in [-0.15, -0.1) is 0 Å². The summed E-state index contributed by atoms with van der Waals surface area (Å²) < 4.78 is 15.6. The van der Waals surface area contributed by atoms with Gasteiger partial charge in [0.15, 0.2) is 5.65 Å². The molecular weight excluding hydrogens is 422 g/mol. The van der Waals surface area contributed by atoms with Crippen LogP contribution in [0.3, 0.4) is 0 Å². The van der Waals surface area contributed by atoms with E-state index in [0.29, 0.717) is 29.5 Å². The molecule has 10 nitrogen and oxygen atoms in total. The SMILES string of the molecule is CC12CC(c3cn4cc(C(=O)Nc5cnn6cccnc56)nc(OC5CCC5)c4n3)(CO1)C2. The monoisotopic (exact) mass is 445 g/mol. The summed E-state index contributed by atoms with van der Waals surface area (Å²) in [6.07, 6.45) is 13.9. The lowest BCUT2D eigenvalue weighted by atomic mass is 9.62. The van der Waals surface area contributed by atoms with Gasteiger partial charge in [0.1, 0.15) is 17.5 Å². The quantitative estimate of drug-likeness (QED) is 0.503. The predicted molar refractivity (Wildman–Crippen MR) is 117 cm³/mol. The normalized spacial score (nSPS) is 26.3. The molecule has 0 atom stereocenters. The molecule has 2 aliphatic heterocycles. The highest BCUT2D eigenvalue weighted by Crippen LogP contribution is 2.58. The highest BCUT2D eigenvalue weighted by atomic mass is 16.5. The van der Waals surface area contributed by atoms with Crippen LogP contribution in [0.5, 0.6) is 5.88 Å². The van der Waals surface area contributed by atoms with Gasteiger partial charge in [-0.2, -0.15) is 5.10 Å². The smallest absolute Gasteiger partial charge is 0.276 e. The van der Waals surface area contributed by atoms with E-state index in [9.17, 15) is 4.79 Å². The van der Waals surface area contributed by atoms with E-state index >= 15 is 0 Å². The molecule has 1 N–H and O–H groups in total. The van der Waals surface area contributed by atoms with Gasteiger partial charge in [-0.05, 0) is 45.1 Å². The fourth-order valence-electron chi connectivity index (χ4n) is 5.31. The van der Waals surface area contributed by atoms with Crippen LogP contribution in [0.15, 0.2) is 37.1 Å². The van der Waals surface area contributed by atoms with Crippen LogP contribution in [0.25, 0.3) is 11.3 Å². The summed E-state index contributed by atoms with van der Waals surface area (Å²) in [6, 6.07) is 1.78. The molecule has 4 aliphatic rings. The molecule has 2 aliphatic carbocycles. The van der Waals surface area contributed by atoms with Crippen molar-refractivity contribution < 1.29 is 14.3 Å². The standard InChI is InChI=1S/C23H23N7O3/c1-22-11-23(12-22,13-32-22)17-10-29-9-16(27-21(19(29)28-17)33-14-4-2-5-14)20(31)26-15-8-25-30-7-3-6-24-18(15)30/h3,6-10,14H,2,4-5,11-13H2,1H3,(H,26,31). The molecule has 168 valence electrons. The van der Waals surface area contributed by atoms with Crippen molar-refractivity contribution in [3.63, 3.8) is 0 Å². The first-order valence-corrected chi connectivity index (χ1v) is 11.3. The zero-order chi connectivity index (χ0) is 22.2. The summed E-state index contributed by atoms with van der Waals surface area (Å²) in [5, 5.41) is 7.10. The molecule has 0 aromatic carbocycles. The maximum absolute atomic E-state index is 13.1. The third-order valence-electron chi connectivity index (χ3n) is 7.16. The van der Waals surface area contributed by atoms with Crippen molar-refractivity contribution in [2.45, 2.75) is 56.1 Å². The zero-order valence-electron chi connectivity index (χ0n) is 18.2. The highest BCUT2D eigenvalue weighted by Gasteiger charge is 2.61. The molecule has 1 amide bonds. The number of rotatable bonds is 5. The predicted octanol–water partition coefficient (Wildman–Crippen LogP) is 2.78. The van der Waals surface area contributed by atoms with Crippen LogP contribution in [0.2, 0.25) is 0 Å². The molecule has 0 unspecified atom stereocenters. The summed E-state index contributed by atoms with van der Waals surface area (Å²) in [4.78, 5) is 26.9. The third kappa shape index (κ3) is 2.86. The number of fused-ring (bicyclic) bond motifs is 3. The molecule has 0 radical (unpaired) electrons. The largest absolute Gasteiger partial charge is 0.472 e. The van der Waals surface area contributed by atoms with Crippen molar-refractivity contribution >= 4 is 22.9 Å². The van der Waals surface area contributed by atoms with Gasteiger partial charge in [0.05, 0.1) is 24.1 Å². The van der Waals surface area contributed by atoms with E-state index in [1.165, 1.54) is 0 Å². The number of amides is 1. The lowest BCUT2D eigenvalue weighted by molar-refractivity contribution is 0.0154. The minimum Gasteiger partial charge on any atom is -0.472 e. The summed E-state index contributed by atoms with van der Waals surface area (Å²) in [5.41, 5.74) is 2.85. The number of nitrogens with zero attached hydrogens (tertiary/aromatic N) is 6. The van der Waals surface area contributed by atoms with E-state index in [2.05, 4.69) is 27.3 Å². The Hall–Kier alpha value is -3.53. The Balaban J connectivity index is 1.26. The van der Waals surface area contributed by atoms with Gasteiger partial charge in [0.2, 0.25) is 5.65 Å². The number of ether oxygens (including phenoxy) is 2. The lowest BCUT2D eigenvalue weighted by Crippen LogP contribution is -2.45. The number of anilines is 1. The molecule has 2 bridgehead atoms. The van der Waals surface area contributed by atoms with Crippen molar-refractivity contribution in [3.05, 3.63) is 48.4 Å². The number of hydrogen-bond acceptors (Lipinski definition) is 7. The number of nitrogens with one attached hydrogen (secondary N) is 1. The van der Waals surface area contributed by atoms with Gasteiger partial charge in [0.25, 0.3) is 11.8 Å². The number of carbonyl (C=O) groups is 1. The average Bonchev–Trinajstić information content (AvgIpc) is 3.51. The van der Waals surface area contributed by atoms with Gasteiger partial charge < -0.3 is 14.8 Å². The van der Waals surface area contributed by atoms with E-state index in [0.717, 1.165) is 37.8 Å². The maximum atomic E-state index is 13.1. The summed E-state index contributed by atoms with van der Waals surface area (Å²) in [6.45, 7) is 2.83. The van der Waals surface area contributed by atoms with Gasteiger partial charge in [0, 0.05) is 30.2 Å². The van der Waals surface area contributed by atoms with Crippen molar-refractivity contribution in [3.8, 4) is 5.88 Å². The molecule has 4 aromatic rings. The minimum absolute atomic E-state index is 0.0350. The van der Waals surface area contributed by atoms with Crippen LogP contribution in [0.1, 0.15) is 55.2 Å². The molecule has 6 heterocycles. The number of hydrogen-bond donors (Lipinski definition) is 1. The third-order valence-corrected chi connectivity index (χ3v) is 7.16. The summed E-state index contributed by atoms with van der Waals surface area (Å²) in [5.74, 6) is 0.0405. The van der Waals surface area contributed by atoms with E-state index in [1.807, 2.05) is 10.6 Å². The Morgan fingerprint density at radius 2 is 2.12 bits per heavy atom. The van der Waals surface area contributed by atoms with Crippen LogP contribution in [-0.2, 0) is 10.2 Å². The second-order valence-electron chi connectivity index (χ2n) is 9.73. The van der Waals surface area contributed by atoms with Crippen LogP contribution >= 0.6 is 0 Å². The van der Waals surface area contributed by atoms with Crippen molar-refractivity contribution in [1.82, 2.24) is 29.0 Å². The first-order chi connectivity index (χ1) is 16.0. The van der Waals surface area contributed by atoms with E-state index < -0.39 is 0 Å². The lowest BCUT2D eigenvalue weighted by Gasteiger charge is -2.41. The first kappa shape index (κ1) is 19.0. The van der Waals surface area contributed by atoms with Crippen molar-refractivity contribution in [2.24, 2.45) is 0 Å². The van der Waals surface area contributed by atoms with Crippen LogP contribution in [-0.4, -0.2) is 53.2 Å². The number of carbonyl (C=O) groups excluding carboxylic acids is 1. The Labute approximate surface area is 189 Å². The molecule has 4 fully saturated rings. The zero-order valence-corrected chi connectivity index (χ0v) is 18.2. The molecule has 0 spiro atoms. The van der Waals surface area contributed by atoms with Crippen LogP contribution in [0, 0.1) is 0 Å². The highest BCUT2D eigenvalue weighted by molar-refractivity contribution is 6.04. The first-order valence-electron chi connectivity index (χ1n) is 11.3. The molecule has 8 rings (SSSR count). The van der Waals surface area contributed by atoms with Gasteiger partial charge in [-0.1, -0.05) is 0 Å². The average molecular weight is 445 g/mol. The van der Waals surface area contributed by atoms with Gasteiger partial charge >= 0.3 is 0 Å². The Morgan fingerprint density at radius 3 is 2.88 bits per heavy atom. The second-order valence-corrected chi connectivity index (χ2v) is 9.73. The number of aromatic nitrogens is 6. The fraction of sp³-hybridized carbons (Fsp3) is 0.435. The summed E-state index contributed by atoms with van der Waals surface area (Å²) in [7, 11) is 0. The minimum atomic E-state index is -0.357. The molecule has 33 heavy (non-hydrogen) atoms. The van der Waals surface area contributed by atoms with Crippen molar-refractivity contribution in [1.29, 1.82) is 0 Å². The van der Waals surface area contributed by atoms with Gasteiger partial charge in [-0.25, -0.2) is 19.5 Å². The number of imidazole rings is 1. The van der Waals surface area contributed by atoms with E-state index in [-0.39, 0.29) is 28.7 Å². The molecule has 2 saturated carbocycles. The van der Waals surface area contributed by atoms with Gasteiger partial charge in [-0.3, -0.25) is 9.20 Å².